The number of rotatable bonds is 3. The van der Waals surface area contributed by atoms with Crippen molar-refractivity contribution in [2.24, 2.45) is 0 Å². The smallest absolute Gasteiger partial charge is 0.274 e. The summed E-state index contributed by atoms with van der Waals surface area (Å²) in [6.07, 6.45) is 3.74. The largest absolute Gasteiger partial charge is 0.503 e. The number of pyridine rings is 1. The summed E-state index contributed by atoms with van der Waals surface area (Å²) < 4.78 is 29.6. The quantitative estimate of drug-likeness (QED) is 0.733. The number of carbonyl (C=O) groups is 2. The number of aromatic nitrogens is 1. The number of nitrogens with one attached hydrogen (secondary N) is 1. The molecule has 0 unspecified atom stereocenters. The molecule has 31 heavy (non-hydrogen) atoms. The molecule has 2 aromatic rings. The molecule has 2 amide bonds. The molecule has 1 atom stereocenters. The topological polar surface area (TPSA) is 91.6 Å². The highest BCUT2D eigenvalue weighted by molar-refractivity contribution is 5.99. The molecular weight excluding hydrogens is 408 g/mol. The van der Waals surface area contributed by atoms with E-state index < -0.39 is 46.7 Å². The molecule has 2 N–H and O–H groups in total. The molecule has 2 aliphatic heterocycles. The van der Waals surface area contributed by atoms with Gasteiger partial charge in [-0.2, -0.15) is 0 Å². The van der Waals surface area contributed by atoms with Crippen molar-refractivity contribution in [1.82, 2.24) is 14.8 Å². The van der Waals surface area contributed by atoms with Crippen molar-refractivity contribution in [3.8, 4) is 5.75 Å². The van der Waals surface area contributed by atoms with Gasteiger partial charge in [-0.05, 0) is 38.0 Å². The fourth-order valence-corrected chi connectivity index (χ4v) is 4.06. The Kier molecular flexibility index (Phi) is 5.12. The Morgan fingerprint density at radius 2 is 1.90 bits per heavy atom. The number of fused-ring (bicyclic) bond motifs is 4. The lowest BCUT2D eigenvalue weighted by Gasteiger charge is -2.34. The summed E-state index contributed by atoms with van der Waals surface area (Å²) in [5.74, 6) is -3.82. The van der Waals surface area contributed by atoms with Gasteiger partial charge in [-0.3, -0.25) is 14.4 Å². The Balaban J connectivity index is 1.68. The molecule has 0 saturated heterocycles. The van der Waals surface area contributed by atoms with E-state index in [1.165, 1.54) is 17.7 Å². The predicted molar refractivity (Wildman–Crippen MR) is 108 cm³/mol. The molecule has 162 valence electrons. The average Bonchev–Trinajstić information content (AvgIpc) is 2.87. The minimum absolute atomic E-state index is 0.156. The molecule has 0 spiro atoms. The van der Waals surface area contributed by atoms with Crippen molar-refractivity contribution in [3.63, 3.8) is 0 Å². The zero-order chi connectivity index (χ0) is 22.4. The maximum Gasteiger partial charge on any atom is 0.274 e. The van der Waals surface area contributed by atoms with Crippen LogP contribution in [0.15, 0.2) is 34.8 Å². The lowest BCUT2D eigenvalue weighted by molar-refractivity contribution is 0.0687. The maximum absolute atomic E-state index is 14.0. The number of aromatic hydroxyl groups is 1. The molecule has 0 radical (unpaired) electrons. The van der Waals surface area contributed by atoms with Crippen LogP contribution in [0.2, 0.25) is 0 Å². The van der Waals surface area contributed by atoms with Gasteiger partial charge in [0.2, 0.25) is 5.43 Å². The van der Waals surface area contributed by atoms with Gasteiger partial charge in [0.05, 0.1) is 6.04 Å². The van der Waals surface area contributed by atoms with Gasteiger partial charge in [0, 0.05) is 31.4 Å². The van der Waals surface area contributed by atoms with Crippen LogP contribution in [0.4, 0.5) is 8.78 Å². The number of carbonyl (C=O) groups excluding carboxylic acids is 2. The van der Waals surface area contributed by atoms with Crippen molar-refractivity contribution in [3.05, 3.63) is 74.2 Å². The van der Waals surface area contributed by atoms with Crippen LogP contribution in [0.3, 0.4) is 0 Å². The number of halogens is 2. The summed E-state index contributed by atoms with van der Waals surface area (Å²) in [6, 6.07) is 2.03. The van der Waals surface area contributed by atoms with Gasteiger partial charge in [-0.25, -0.2) is 8.78 Å². The number of allylic oxidation sites excluding steroid dienone is 1. The molecule has 2 bridgehead atoms. The normalized spacial score (nSPS) is 17.7. The predicted octanol–water partition coefficient (Wildman–Crippen LogP) is 2.42. The van der Waals surface area contributed by atoms with E-state index in [0.717, 1.165) is 17.7 Å². The molecule has 1 aromatic carbocycles. The summed E-state index contributed by atoms with van der Waals surface area (Å²) >= 11 is 0. The van der Waals surface area contributed by atoms with E-state index in [0.29, 0.717) is 25.1 Å². The molecule has 0 aliphatic carbocycles. The molecule has 3 heterocycles. The SMILES string of the molecule is CC1=CCN2C[C@H](C1)n1cc(C(=O)NCc3c(F)cc(C)cc3F)c(=O)c(O)c1C2=O. The van der Waals surface area contributed by atoms with Crippen molar-refractivity contribution < 1.29 is 23.5 Å². The first-order valence-electron chi connectivity index (χ1n) is 9.83. The average molecular weight is 429 g/mol. The van der Waals surface area contributed by atoms with Crippen LogP contribution >= 0.6 is 0 Å². The summed E-state index contributed by atoms with van der Waals surface area (Å²) in [7, 11) is 0. The zero-order valence-electron chi connectivity index (χ0n) is 17.0. The second-order valence-electron chi connectivity index (χ2n) is 7.98. The highest BCUT2D eigenvalue weighted by Crippen LogP contribution is 2.32. The molecular formula is C22H21F2N3O4. The van der Waals surface area contributed by atoms with E-state index in [9.17, 15) is 28.3 Å². The highest BCUT2D eigenvalue weighted by atomic mass is 19.1. The third kappa shape index (κ3) is 3.60. The molecule has 4 rings (SSSR count). The minimum atomic E-state index is -1.01. The summed E-state index contributed by atoms with van der Waals surface area (Å²) in [4.78, 5) is 39.6. The van der Waals surface area contributed by atoms with Crippen molar-refractivity contribution in [2.45, 2.75) is 32.9 Å². The van der Waals surface area contributed by atoms with Gasteiger partial charge in [0.15, 0.2) is 11.4 Å². The number of benzene rings is 1. The van der Waals surface area contributed by atoms with Gasteiger partial charge < -0.3 is 19.9 Å². The van der Waals surface area contributed by atoms with Crippen LogP contribution in [0.25, 0.3) is 0 Å². The number of nitrogens with zero attached hydrogens (tertiary/aromatic N) is 2. The van der Waals surface area contributed by atoms with Crippen LogP contribution in [0, 0.1) is 18.6 Å². The molecule has 0 saturated carbocycles. The highest BCUT2D eigenvalue weighted by Gasteiger charge is 2.36. The van der Waals surface area contributed by atoms with E-state index in [1.807, 2.05) is 13.0 Å². The molecule has 9 heteroatoms. The fraction of sp³-hybridized carbons (Fsp3) is 0.318. The Morgan fingerprint density at radius 1 is 1.23 bits per heavy atom. The van der Waals surface area contributed by atoms with E-state index in [1.54, 1.807) is 4.90 Å². The number of hydrogen-bond donors (Lipinski definition) is 2. The summed E-state index contributed by atoms with van der Waals surface area (Å²) in [5, 5.41) is 12.8. The van der Waals surface area contributed by atoms with Gasteiger partial charge in [0.1, 0.15) is 17.2 Å². The van der Waals surface area contributed by atoms with Crippen LogP contribution in [-0.4, -0.2) is 39.5 Å². The Bertz CT molecular complexity index is 1180. The van der Waals surface area contributed by atoms with E-state index in [4.69, 9.17) is 0 Å². The number of amides is 2. The number of aryl methyl sites for hydroxylation is 1. The minimum Gasteiger partial charge on any atom is -0.503 e. The van der Waals surface area contributed by atoms with E-state index in [2.05, 4.69) is 5.32 Å². The second kappa shape index (κ2) is 7.64. The van der Waals surface area contributed by atoms with Crippen molar-refractivity contribution >= 4 is 11.8 Å². The van der Waals surface area contributed by atoms with Gasteiger partial charge in [0.25, 0.3) is 11.8 Å². The zero-order valence-corrected chi connectivity index (χ0v) is 17.0. The Labute approximate surface area is 176 Å². The van der Waals surface area contributed by atoms with Crippen molar-refractivity contribution in [1.29, 1.82) is 0 Å². The lowest BCUT2D eigenvalue weighted by atomic mass is 10.0. The van der Waals surface area contributed by atoms with Crippen LogP contribution < -0.4 is 10.7 Å². The van der Waals surface area contributed by atoms with Crippen molar-refractivity contribution in [2.75, 3.05) is 13.1 Å². The first-order chi connectivity index (χ1) is 14.7. The molecule has 1 aromatic heterocycles. The summed E-state index contributed by atoms with van der Waals surface area (Å²) in [6.45, 7) is 3.75. The fourth-order valence-electron chi connectivity index (χ4n) is 4.06. The summed E-state index contributed by atoms with van der Waals surface area (Å²) in [5.41, 5.74) is -0.460. The van der Waals surface area contributed by atoms with Gasteiger partial charge >= 0.3 is 0 Å². The lowest BCUT2D eigenvalue weighted by Crippen LogP contribution is -2.44. The first-order valence-corrected chi connectivity index (χ1v) is 9.83. The number of hydrogen-bond acceptors (Lipinski definition) is 4. The molecule has 7 nitrogen and oxygen atoms in total. The van der Waals surface area contributed by atoms with Crippen LogP contribution in [0.1, 0.15) is 51.4 Å². The third-order valence-corrected chi connectivity index (χ3v) is 5.70. The second-order valence-corrected chi connectivity index (χ2v) is 7.98. The third-order valence-electron chi connectivity index (χ3n) is 5.70. The van der Waals surface area contributed by atoms with Crippen LogP contribution in [-0.2, 0) is 6.54 Å². The standard InChI is InChI=1S/C22H21F2N3O4/c1-11-3-4-26-9-13(5-11)27-10-15(19(28)20(29)18(27)22(26)31)21(30)25-8-14-16(23)6-12(2)7-17(14)24/h3,6-7,10,13,29H,4-5,8-9H2,1-2H3,(H,25,30)/t13-/m0/s1. The monoisotopic (exact) mass is 429 g/mol. The van der Waals surface area contributed by atoms with Gasteiger partial charge in [-0.15, -0.1) is 0 Å². The van der Waals surface area contributed by atoms with E-state index in [-0.39, 0.29) is 17.3 Å². The maximum atomic E-state index is 14.0. The van der Waals surface area contributed by atoms with Gasteiger partial charge in [-0.1, -0.05) is 11.6 Å². The Hall–Kier alpha value is -3.49. The first kappa shape index (κ1) is 20.8. The Morgan fingerprint density at radius 3 is 2.58 bits per heavy atom. The van der Waals surface area contributed by atoms with E-state index >= 15 is 0 Å². The molecule has 2 aliphatic rings. The molecule has 0 fully saturated rings. The van der Waals surface area contributed by atoms with Crippen LogP contribution in [0.5, 0.6) is 5.75 Å².